The molecule has 0 radical (unpaired) electrons. The van der Waals surface area contributed by atoms with E-state index in [1.54, 1.807) is 36.4 Å². The lowest BCUT2D eigenvalue weighted by Gasteiger charge is -2.12. The molecule has 1 unspecified atom stereocenters. The molecule has 0 heterocycles. The summed E-state index contributed by atoms with van der Waals surface area (Å²) in [6.45, 7) is 0. The van der Waals surface area contributed by atoms with Crippen molar-refractivity contribution in [2.75, 3.05) is 0 Å². The lowest BCUT2D eigenvalue weighted by Crippen LogP contribution is -1.98. The van der Waals surface area contributed by atoms with Gasteiger partial charge < -0.3 is 0 Å². The highest BCUT2D eigenvalue weighted by molar-refractivity contribution is 5.53. The molecule has 0 N–H and O–H groups in total. The van der Waals surface area contributed by atoms with Crippen LogP contribution in [0.4, 0.5) is 8.78 Å². The summed E-state index contributed by atoms with van der Waals surface area (Å²) in [5.41, 5.74) is 2.21. The molecule has 0 spiro atoms. The first-order chi connectivity index (χ1) is 12.7. The number of hydrogen-bond acceptors (Lipinski definition) is 0. The van der Waals surface area contributed by atoms with Gasteiger partial charge in [0.2, 0.25) is 0 Å². The second-order valence-electron chi connectivity index (χ2n) is 6.06. The predicted molar refractivity (Wildman–Crippen MR) is 105 cm³/mol. The molecule has 0 aliphatic heterocycles. The molecule has 1 atom stereocenters. The molecule has 3 aromatic carbocycles. The maximum atomic E-state index is 14.3. The van der Waals surface area contributed by atoms with Crippen molar-refractivity contribution in [3.8, 4) is 0 Å². The van der Waals surface area contributed by atoms with E-state index in [0.29, 0.717) is 17.5 Å². The van der Waals surface area contributed by atoms with Crippen LogP contribution in [0.25, 0.3) is 12.2 Å². The Labute approximate surface area is 153 Å². The Morgan fingerprint density at radius 1 is 0.692 bits per heavy atom. The average Bonchev–Trinajstić information content (AvgIpc) is 2.67. The van der Waals surface area contributed by atoms with Crippen molar-refractivity contribution in [2.45, 2.75) is 12.3 Å². The summed E-state index contributed by atoms with van der Waals surface area (Å²) in [5.74, 6) is -0.699. The molecular weight excluding hydrogens is 326 g/mol. The smallest absolute Gasteiger partial charge is 0.130 e. The van der Waals surface area contributed by atoms with Gasteiger partial charge in [0, 0.05) is 11.5 Å². The van der Waals surface area contributed by atoms with Crippen LogP contribution in [0.1, 0.15) is 29.0 Å². The van der Waals surface area contributed by atoms with Crippen molar-refractivity contribution in [1.29, 1.82) is 0 Å². The molecule has 2 heteroatoms. The Morgan fingerprint density at radius 2 is 1.35 bits per heavy atom. The molecule has 0 aromatic heterocycles. The van der Waals surface area contributed by atoms with Crippen LogP contribution in [-0.2, 0) is 0 Å². The van der Waals surface area contributed by atoms with Gasteiger partial charge in [0.1, 0.15) is 11.6 Å². The first kappa shape index (κ1) is 17.8. The fourth-order valence-corrected chi connectivity index (χ4v) is 2.83. The Morgan fingerprint density at radius 3 is 2.08 bits per heavy atom. The van der Waals surface area contributed by atoms with Gasteiger partial charge in [-0.2, -0.15) is 0 Å². The topological polar surface area (TPSA) is 0 Å². The highest BCUT2D eigenvalue weighted by Gasteiger charge is 2.11. The zero-order valence-corrected chi connectivity index (χ0v) is 14.4. The number of rotatable bonds is 6. The van der Waals surface area contributed by atoms with E-state index in [4.69, 9.17) is 0 Å². The molecule has 0 nitrogen and oxygen atoms in total. The summed E-state index contributed by atoms with van der Waals surface area (Å²) in [5, 5.41) is 0. The normalized spacial score (nSPS) is 12.7. The van der Waals surface area contributed by atoms with Crippen molar-refractivity contribution in [3.05, 3.63) is 119 Å². The van der Waals surface area contributed by atoms with Crippen LogP contribution in [0.2, 0.25) is 0 Å². The summed E-state index contributed by atoms with van der Waals surface area (Å²) in [6.07, 6.45) is 8.26. The van der Waals surface area contributed by atoms with Crippen molar-refractivity contribution in [2.24, 2.45) is 0 Å². The highest BCUT2D eigenvalue weighted by Crippen LogP contribution is 2.26. The number of allylic oxidation sites excluding steroid dienone is 2. The Balaban J connectivity index is 1.84. The van der Waals surface area contributed by atoms with E-state index < -0.39 is 0 Å². The lowest BCUT2D eigenvalue weighted by atomic mass is 9.93. The van der Waals surface area contributed by atoms with Crippen LogP contribution >= 0.6 is 0 Å². The SMILES string of the molecule is Fc1ccccc1/C=C/C(C/C=C/c1ccccc1)c1ccccc1F. The van der Waals surface area contributed by atoms with Crippen LogP contribution in [0.3, 0.4) is 0 Å². The number of hydrogen-bond donors (Lipinski definition) is 0. The third-order valence-corrected chi connectivity index (χ3v) is 4.22. The van der Waals surface area contributed by atoms with Crippen LogP contribution < -0.4 is 0 Å². The zero-order chi connectivity index (χ0) is 18.2. The minimum atomic E-state index is -0.282. The number of benzene rings is 3. The molecule has 0 bridgehead atoms. The number of halogens is 2. The van der Waals surface area contributed by atoms with Gasteiger partial charge in [-0.1, -0.05) is 91.0 Å². The second-order valence-corrected chi connectivity index (χ2v) is 6.06. The Kier molecular flexibility index (Phi) is 6.10. The zero-order valence-electron chi connectivity index (χ0n) is 14.4. The average molecular weight is 346 g/mol. The molecule has 0 amide bonds. The highest BCUT2D eigenvalue weighted by atomic mass is 19.1. The molecule has 3 rings (SSSR count). The summed E-state index contributed by atoms with van der Waals surface area (Å²) < 4.78 is 28.1. The van der Waals surface area contributed by atoms with Crippen LogP contribution in [-0.4, -0.2) is 0 Å². The summed E-state index contributed by atoms with van der Waals surface area (Å²) in [7, 11) is 0. The van der Waals surface area contributed by atoms with Gasteiger partial charge >= 0.3 is 0 Å². The molecule has 0 aliphatic rings. The lowest BCUT2D eigenvalue weighted by molar-refractivity contribution is 0.600. The first-order valence-corrected chi connectivity index (χ1v) is 8.63. The van der Waals surface area contributed by atoms with Gasteiger partial charge in [-0.3, -0.25) is 0 Å². The summed E-state index contributed by atoms with van der Waals surface area (Å²) in [4.78, 5) is 0. The van der Waals surface area contributed by atoms with E-state index in [1.165, 1.54) is 12.1 Å². The predicted octanol–water partition coefficient (Wildman–Crippen LogP) is 6.87. The van der Waals surface area contributed by atoms with Crippen LogP contribution in [0.15, 0.2) is 91.0 Å². The quantitative estimate of drug-likeness (QED) is 0.457. The largest absolute Gasteiger partial charge is 0.207 e. The summed E-state index contributed by atoms with van der Waals surface area (Å²) in [6, 6.07) is 23.3. The molecule has 3 aromatic rings. The van der Waals surface area contributed by atoms with Crippen molar-refractivity contribution in [1.82, 2.24) is 0 Å². The van der Waals surface area contributed by atoms with Gasteiger partial charge in [-0.25, -0.2) is 8.78 Å². The van der Waals surface area contributed by atoms with E-state index in [1.807, 2.05) is 54.6 Å². The van der Waals surface area contributed by atoms with Gasteiger partial charge in [0.25, 0.3) is 0 Å². The van der Waals surface area contributed by atoms with Crippen LogP contribution in [0.5, 0.6) is 0 Å². The standard InChI is InChI=1S/C24H20F2/c25-23-15-6-4-12-21(23)18-17-20(22-14-5-7-16-24(22)26)13-8-11-19-9-2-1-3-10-19/h1-12,14-18,20H,13H2/b11-8+,18-17+. The minimum absolute atomic E-state index is 0.171. The second kappa shape index (κ2) is 8.91. The monoisotopic (exact) mass is 346 g/mol. The van der Waals surface area contributed by atoms with Gasteiger partial charge in [-0.05, 0) is 29.7 Å². The minimum Gasteiger partial charge on any atom is -0.207 e. The van der Waals surface area contributed by atoms with E-state index in [-0.39, 0.29) is 17.6 Å². The molecule has 0 saturated carbocycles. The molecular formula is C24H20F2. The van der Waals surface area contributed by atoms with Crippen molar-refractivity contribution >= 4 is 12.2 Å². The van der Waals surface area contributed by atoms with E-state index in [2.05, 4.69) is 0 Å². The Hall–Kier alpha value is -3.00. The summed E-state index contributed by atoms with van der Waals surface area (Å²) >= 11 is 0. The maximum absolute atomic E-state index is 14.3. The third-order valence-electron chi connectivity index (χ3n) is 4.22. The van der Waals surface area contributed by atoms with E-state index in [0.717, 1.165) is 5.56 Å². The van der Waals surface area contributed by atoms with Crippen LogP contribution in [0, 0.1) is 11.6 Å². The molecule has 26 heavy (non-hydrogen) atoms. The van der Waals surface area contributed by atoms with Gasteiger partial charge in [-0.15, -0.1) is 0 Å². The van der Waals surface area contributed by atoms with Crippen molar-refractivity contribution < 1.29 is 8.78 Å². The fraction of sp³-hybridized carbons (Fsp3) is 0.0833. The van der Waals surface area contributed by atoms with Gasteiger partial charge in [0.05, 0.1) is 0 Å². The molecule has 130 valence electrons. The Bertz CT molecular complexity index is 895. The van der Waals surface area contributed by atoms with E-state index in [9.17, 15) is 8.78 Å². The van der Waals surface area contributed by atoms with Gasteiger partial charge in [0.15, 0.2) is 0 Å². The molecule has 0 aliphatic carbocycles. The van der Waals surface area contributed by atoms with E-state index >= 15 is 0 Å². The van der Waals surface area contributed by atoms with Crippen molar-refractivity contribution in [3.63, 3.8) is 0 Å². The molecule has 0 saturated heterocycles. The first-order valence-electron chi connectivity index (χ1n) is 8.63. The fourth-order valence-electron chi connectivity index (χ4n) is 2.83. The third kappa shape index (κ3) is 4.76. The maximum Gasteiger partial charge on any atom is 0.130 e. The molecule has 0 fully saturated rings.